The fourth-order valence-electron chi connectivity index (χ4n) is 2.60. The zero-order valence-corrected chi connectivity index (χ0v) is 11.6. The first kappa shape index (κ1) is 13.8. The van der Waals surface area contributed by atoms with Crippen LogP contribution in [-0.4, -0.2) is 17.5 Å². The molecule has 1 nitrogen and oxygen atoms in total. The van der Waals surface area contributed by atoms with Gasteiger partial charge in [0.1, 0.15) is 11.6 Å². The van der Waals surface area contributed by atoms with Crippen molar-refractivity contribution in [2.45, 2.75) is 43.5 Å². The van der Waals surface area contributed by atoms with Gasteiger partial charge in [-0.1, -0.05) is 6.07 Å². The quantitative estimate of drug-likeness (QED) is 0.891. The molecule has 0 bridgehead atoms. The molecule has 1 fully saturated rings. The van der Waals surface area contributed by atoms with Gasteiger partial charge >= 0.3 is 0 Å². The first-order valence-corrected chi connectivity index (χ1v) is 7.62. The molecule has 1 aromatic carbocycles. The van der Waals surface area contributed by atoms with Crippen molar-refractivity contribution in [3.63, 3.8) is 0 Å². The Hall–Kier alpha value is -0.610. The number of rotatable bonds is 4. The Morgan fingerprint density at radius 1 is 1.33 bits per heavy atom. The van der Waals surface area contributed by atoms with Gasteiger partial charge in [-0.05, 0) is 38.5 Å². The SMILES string of the molecule is CSC1CCC(NC(C)c2ccc(F)cc2F)C1. The van der Waals surface area contributed by atoms with E-state index in [1.807, 2.05) is 18.7 Å². The van der Waals surface area contributed by atoms with Gasteiger partial charge in [-0.15, -0.1) is 0 Å². The van der Waals surface area contributed by atoms with E-state index in [1.165, 1.54) is 18.6 Å². The molecule has 0 aromatic heterocycles. The zero-order valence-electron chi connectivity index (χ0n) is 10.7. The van der Waals surface area contributed by atoms with Crippen molar-refractivity contribution in [2.24, 2.45) is 0 Å². The minimum Gasteiger partial charge on any atom is -0.307 e. The fraction of sp³-hybridized carbons (Fsp3) is 0.571. The predicted molar refractivity (Wildman–Crippen MR) is 72.9 cm³/mol. The molecule has 0 saturated heterocycles. The summed E-state index contributed by atoms with van der Waals surface area (Å²) in [5.41, 5.74) is 0.545. The Morgan fingerprint density at radius 2 is 2.11 bits per heavy atom. The van der Waals surface area contributed by atoms with E-state index in [-0.39, 0.29) is 6.04 Å². The van der Waals surface area contributed by atoms with Crippen LogP contribution < -0.4 is 5.32 Å². The van der Waals surface area contributed by atoms with E-state index < -0.39 is 11.6 Å². The van der Waals surface area contributed by atoms with Gasteiger partial charge in [-0.25, -0.2) is 8.78 Å². The summed E-state index contributed by atoms with van der Waals surface area (Å²) in [6.45, 7) is 1.93. The maximum absolute atomic E-state index is 13.6. The summed E-state index contributed by atoms with van der Waals surface area (Å²) < 4.78 is 26.5. The summed E-state index contributed by atoms with van der Waals surface area (Å²) in [6.07, 6.45) is 5.63. The van der Waals surface area contributed by atoms with Gasteiger partial charge in [-0.2, -0.15) is 11.8 Å². The van der Waals surface area contributed by atoms with Crippen molar-refractivity contribution in [3.05, 3.63) is 35.4 Å². The van der Waals surface area contributed by atoms with Crippen molar-refractivity contribution in [2.75, 3.05) is 6.26 Å². The molecule has 3 atom stereocenters. The summed E-state index contributed by atoms with van der Waals surface area (Å²) in [4.78, 5) is 0. The van der Waals surface area contributed by atoms with Crippen LogP contribution >= 0.6 is 11.8 Å². The molecule has 1 saturated carbocycles. The van der Waals surface area contributed by atoms with Gasteiger partial charge < -0.3 is 5.32 Å². The fourth-order valence-corrected chi connectivity index (χ4v) is 3.40. The molecule has 0 aliphatic heterocycles. The summed E-state index contributed by atoms with van der Waals surface area (Å²) in [5, 5.41) is 4.16. The lowest BCUT2D eigenvalue weighted by molar-refractivity contribution is 0.446. The number of hydrogen-bond donors (Lipinski definition) is 1. The van der Waals surface area contributed by atoms with Crippen LogP contribution in [-0.2, 0) is 0 Å². The molecule has 0 spiro atoms. The average Bonchev–Trinajstić information content (AvgIpc) is 2.76. The van der Waals surface area contributed by atoms with Gasteiger partial charge in [0, 0.05) is 29.0 Å². The number of thioether (sulfide) groups is 1. The van der Waals surface area contributed by atoms with E-state index in [1.54, 1.807) is 0 Å². The molecule has 1 aliphatic carbocycles. The lowest BCUT2D eigenvalue weighted by Crippen LogP contribution is -2.30. The van der Waals surface area contributed by atoms with E-state index in [2.05, 4.69) is 11.6 Å². The Balaban J connectivity index is 1.97. The molecule has 18 heavy (non-hydrogen) atoms. The van der Waals surface area contributed by atoms with Gasteiger partial charge in [0.2, 0.25) is 0 Å². The van der Waals surface area contributed by atoms with E-state index in [4.69, 9.17) is 0 Å². The van der Waals surface area contributed by atoms with Crippen molar-refractivity contribution >= 4 is 11.8 Å². The molecule has 0 radical (unpaired) electrons. The Labute approximate surface area is 111 Å². The Bertz CT molecular complexity index is 411. The lowest BCUT2D eigenvalue weighted by atomic mass is 10.1. The van der Waals surface area contributed by atoms with E-state index in [0.717, 1.165) is 18.9 Å². The van der Waals surface area contributed by atoms with Crippen LogP contribution in [0.4, 0.5) is 8.78 Å². The minimum absolute atomic E-state index is 0.0730. The summed E-state index contributed by atoms with van der Waals surface area (Å²) in [6, 6.07) is 4.17. The van der Waals surface area contributed by atoms with Crippen LogP contribution in [0.3, 0.4) is 0 Å². The molecule has 1 N–H and O–H groups in total. The summed E-state index contributed by atoms with van der Waals surface area (Å²) >= 11 is 1.90. The monoisotopic (exact) mass is 271 g/mol. The third-order valence-electron chi connectivity index (χ3n) is 3.63. The van der Waals surface area contributed by atoms with Crippen molar-refractivity contribution in [1.82, 2.24) is 5.32 Å². The van der Waals surface area contributed by atoms with Crippen molar-refractivity contribution in [3.8, 4) is 0 Å². The number of hydrogen-bond acceptors (Lipinski definition) is 2. The van der Waals surface area contributed by atoms with Crippen LogP contribution in [0.25, 0.3) is 0 Å². The van der Waals surface area contributed by atoms with E-state index >= 15 is 0 Å². The van der Waals surface area contributed by atoms with Crippen molar-refractivity contribution < 1.29 is 8.78 Å². The molecule has 0 amide bonds. The maximum atomic E-state index is 13.6. The third-order valence-corrected chi connectivity index (χ3v) is 4.73. The van der Waals surface area contributed by atoms with Gasteiger partial charge in [-0.3, -0.25) is 0 Å². The highest BCUT2D eigenvalue weighted by atomic mass is 32.2. The predicted octanol–water partition coefficient (Wildman–Crippen LogP) is 3.90. The summed E-state index contributed by atoms with van der Waals surface area (Å²) in [5.74, 6) is -0.985. The molecule has 3 unspecified atom stereocenters. The second-order valence-electron chi connectivity index (χ2n) is 4.92. The largest absolute Gasteiger partial charge is 0.307 e. The molecule has 1 aliphatic rings. The molecule has 1 aromatic rings. The Morgan fingerprint density at radius 3 is 2.72 bits per heavy atom. The van der Waals surface area contributed by atoms with Crippen LogP contribution in [0, 0.1) is 11.6 Å². The topological polar surface area (TPSA) is 12.0 Å². The third kappa shape index (κ3) is 3.23. The Kier molecular flexibility index (Phi) is 4.62. The number of halogens is 2. The van der Waals surface area contributed by atoms with E-state index in [9.17, 15) is 8.78 Å². The first-order chi connectivity index (χ1) is 8.60. The highest BCUT2D eigenvalue weighted by Gasteiger charge is 2.25. The molecule has 2 rings (SSSR count). The number of nitrogens with one attached hydrogen (secondary N) is 1. The van der Waals surface area contributed by atoms with Gasteiger partial charge in [0.25, 0.3) is 0 Å². The smallest absolute Gasteiger partial charge is 0.130 e. The lowest BCUT2D eigenvalue weighted by Gasteiger charge is -2.20. The molecule has 4 heteroatoms. The minimum atomic E-state index is -0.522. The van der Waals surface area contributed by atoms with Crippen LogP contribution in [0.1, 0.15) is 37.8 Å². The highest BCUT2D eigenvalue weighted by Crippen LogP contribution is 2.30. The van der Waals surface area contributed by atoms with Crippen molar-refractivity contribution in [1.29, 1.82) is 0 Å². The van der Waals surface area contributed by atoms with Gasteiger partial charge in [0.05, 0.1) is 0 Å². The van der Waals surface area contributed by atoms with Crippen LogP contribution in [0.15, 0.2) is 18.2 Å². The average molecular weight is 271 g/mol. The summed E-state index contributed by atoms with van der Waals surface area (Å²) in [7, 11) is 0. The number of benzene rings is 1. The van der Waals surface area contributed by atoms with E-state index in [0.29, 0.717) is 16.9 Å². The van der Waals surface area contributed by atoms with Crippen LogP contribution in [0.2, 0.25) is 0 Å². The molecule has 100 valence electrons. The normalized spacial score (nSPS) is 25.3. The standard InChI is InChI=1S/C14H19F2NS/c1-9(13-6-3-10(15)7-14(13)16)17-11-4-5-12(8-11)18-2/h3,6-7,9,11-12,17H,4-5,8H2,1-2H3. The molecular weight excluding hydrogens is 252 g/mol. The molecule has 0 heterocycles. The van der Waals surface area contributed by atoms with Crippen LogP contribution in [0.5, 0.6) is 0 Å². The highest BCUT2D eigenvalue weighted by molar-refractivity contribution is 7.99. The second kappa shape index (κ2) is 6.02. The molecular formula is C14H19F2NS. The second-order valence-corrected chi connectivity index (χ2v) is 6.06. The first-order valence-electron chi connectivity index (χ1n) is 6.34. The zero-order chi connectivity index (χ0) is 13.1. The maximum Gasteiger partial charge on any atom is 0.130 e. The van der Waals surface area contributed by atoms with Gasteiger partial charge in [0.15, 0.2) is 0 Å².